The fourth-order valence-corrected chi connectivity index (χ4v) is 4.25. The van der Waals surface area contributed by atoms with Gasteiger partial charge in [0.1, 0.15) is 17.4 Å². The Balaban J connectivity index is 1.72. The van der Waals surface area contributed by atoms with Crippen LogP contribution in [0.15, 0.2) is 36.5 Å². The number of hydrogen-bond donors (Lipinski definition) is 0. The molecule has 2 aromatic heterocycles. The first kappa shape index (κ1) is 21.4. The molecule has 10 heteroatoms. The molecule has 0 saturated carbocycles. The maximum atomic E-state index is 13.2. The molecule has 31 heavy (non-hydrogen) atoms. The number of fused-ring (bicyclic) bond motifs is 1. The molecule has 0 radical (unpaired) electrons. The van der Waals surface area contributed by atoms with E-state index in [0.29, 0.717) is 49.3 Å². The summed E-state index contributed by atoms with van der Waals surface area (Å²) in [5.41, 5.74) is 2.20. The Morgan fingerprint density at radius 2 is 1.97 bits per heavy atom. The third-order valence-electron chi connectivity index (χ3n) is 5.08. The van der Waals surface area contributed by atoms with Crippen LogP contribution in [0, 0.1) is 5.82 Å². The van der Waals surface area contributed by atoms with E-state index in [1.165, 1.54) is 16.8 Å². The quantitative estimate of drug-likeness (QED) is 0.595. The van der Waals surface area contributed by atoms with Crippen molar-refractivity contribution in [3.63, 3.8) is 0 Å². The maximum Gasteiger partial charge on any atom is 0.272 e. The molecule has 3 heterocycles. The number of benzene rings is 1. The lowest BCUT2D eigenvalue weighted by Crippen LogP contribution is -2.33. The van der Waals surface area contributed by atoms with E-state index in [0.717, 1.165) is 18.2 Å². The molecular formula is C21H23FN4O4S. The average molecular weight is 447 g/mol. The van der Waals surface area contributed by atoms with E-state index in [1.54, 1.807) is 29.3 Å². The van der Waals surface area contributed by atoms with Crippen LogP contribution in [0.25, 0.3) is 10.9 Å². The molecule has 8 nitrogen and oxygen atoms in total. The van der Waals surface area contributed by atoms with Crippen LogP contribution in [0.5, 0.6) is 0 Å². The fraction of sp³-hybridized carbons (Fsp3) is 0.381. The van der Waals surface area contributed by atoms with Gasteiger partial charge in [0.15, 0.2) is 9.84 Å². The molecule has 1 amide bonds. The second-order valence-corrected chi connectivity index (χ2v) is 9.76. The van der Waals surface area contributed by atoms with Crippen LogP contribution in [-0.4, -0.2) is 66.5 Å². The van der Waals surface area contributed by atoms with Crippen molar-refractivity contribution in [3.8, 4) is 0 Å². The first-order chi connectivity index (χ1) is 14.8. The number of halogens is 1. The number of nitrogens with zero attached hydrogens (tertiary/aromatic N) is 4. The van der Waals surface area contributed by atoms with E-state index in [2.05, 4.69) is 10.1 Å². The number of ether oxygens (including phenoxy) is 1. The van der Waals surface area contributed by atoms with Gasteiger partial charge in [0.25, 0.3) is 5.91 Å². The smallest absolute Gasteiger partial charge is 0.272 e. The Bertz CT molecular complexity index is 1200. The molecule has 1 aliphatic rings. The van der Waals surface area contributed by atoms with Gasteiger partial charge in [0.05, 0.1) is 17.8 Å². The molecular weight excluding hydrogens is 423 g/mol. The lowest BCUT2D eigenvalue weighted by molar-refractivity contribution is 0.0735. The van der Waals surface area contributed by atoms with Crippen LogP contribution in [0.1, 0.15) is 28.2 Å². The van der Waals surface area contributed by atoms with E-state index < -0.39 is 9.84 Å². The Labute approximate surface area is 179 Å². The summed E-state index contributed by atoms with van der Waals surface area (Å²) < 4.78 is 43.9. The van der Waals surface area contributed by atoms with Crippen molar-refractivity contribution >= 4 is 26.6 Å². The van der Waals surface area contributed by atoms with Gasteiger partial charge in [-0.15, -0.1) is 0 Å². The number of sulfone groups is 1. The normalized spacial score (nSPS) is 15.2. The van der Waals surface area contributed by atoms with E-state index in [1.807, 2.05) is 0 Å². The molecule has 4 rings (SSSR count). The van der Waals surface area contributed by atoms with Gasteiger partial charge in [-0.2, -0.15) is 5.10 Å². The van der Waals surface area contributed by atoms with Gasteiger partial charge in [-0.3, -0.25) is 9.78 Å². The van der Waals surface area contributed by atoms with E-state index in [-0.39, 0.29) is 23.3 Å². The SMILES string of the molecule is CS(=O)(=O)Cn1nc(Cc2ccc(F)cc2)c2cnc(C(=O)N3CCCOCC3)cc21. The van der Waals surface area contributed by atoms with Gasteiger partial charge in [0, 0.05) is 44.0 Å². The highest BCUT2D eigenvalue weighted by molar-refractivity contribution is 7.89. The van der Waals surface area contributed by atoms with Crippen LogP contribution in [-0.2, 0) is 26.9 Å². The molecule has 0 spiro atoms. The Morgan fingerprint density at radius 3 is 2.71 bits per heavy atom. The number of carbonyl (C=O) groups is 1. The third-order valence-corrected chi connectivity index (χ3v) is 5.80. The van der Waals surface area contributed by atoms with Crippen LogP contribution in [0.3, 0.4) is 0 Å². The van der Waals surface area contributed by atoms with Crippen LogP contribution in [0.4, 0.5) is 4.39 Å². The van der Waals surface area contributed by atoms with E-state index in [4.69, 9.17) is 4.74 Å². The highest BCUT2D eigenvalue weighted by Crippen LogP contribution is 2.23. The lowest BCUT2D eigenvalue weighted by Gasteiger charge is -2.19. The number of pyridine rings is 1. The summed E-state index contributed by atoms with van der Waals surface area (Å²) in [6.45, 7) is 2.15. The monoisotopic (exact) mass is 446 g/mol. The number of rotatable bonds is 5. The van der Waals surface area contributed by atoms with Gasteiger partial charge in [0.2, 0.25) is 0 Å². The van der Waals surface area contributed by atoms with Crippen molar-refractivity contribution in [1.82, 2.24) is 19.7 Å². The summed E-state index contributed by atoms with van der Waals surface area (Å²) in [6.07, 6.45) is 3.82. The lowest BCUT2D eigenvalue weighted by atomic mass is 10.1. The van der Waals surface area contributed by atoms with Crippen molar-refractivity contribution in [1.29, 1.82) is 0 Å². The molecule has 164 valence electrons. The van der Waals surface area contributed by atoms with Gasteiger partial charge < -0.3 is 9.64 Å². The predicted molar refractivity (Wildman–Crippen MR) is 113 cm³/mol. The second-order valence-electron chi connectivity index (χ2n) is 7.65. The largest absolute Gasteiger partial charge is 0.380 e. The molecule has 0 atom stereocenters. The number of amides is 1. The minimum Gasteiger partial charge on any atom is -0.380 e. The zero-order valence-corrected chi connectivity index (χ0v) is 17.9. The van der Waals surface area contributed by atoms with Crippen LogP contribution in [0.2, 0.25) is 0 Å². The minimum absolute atomic E-state index is 0.223. The van der Waals surface area contributed by atoms with Crippen molar-refractivity contribution in [2.45, 2.75) is 18.7 Å². The summed E-state index contributed by atoms with van der Waals surface area (Å²) >= 11 is 0. The molecule has 0 aliphatic carbocycles. The highest BCUT2D eigenvalue weighted by atomic mass is 32.2. The van der Waals surface area contributed by atoms with Gasteiger partial charge in [-0.25, -0.2) is 17.5 Å². The molecule has 1 saturated heterocycles. The molecule has 0 bridgehead atoms. The molecule has 0 N–H and O–H groups in total. The Hall–Kier alpha value is -2.85. The minimum atomic E-state index is -3.37. The number of hydrogen-bond acceptors (Lipinski definition) is 6. The highest BCUT2D eigenvalue weighted by Gasteiger charge is 2.22. The molecule has 1 aliphatic heterocycles. The molecule has 0 unspecified atom stereocenters. The molecule has 1 fully saturated rings. The first-order valence-corrected chi connectivity index (χ1v) is 12.0. The first-order valence-electron chi connectivity index (χ1n) is 9.95. The third kappa shape index (κ3) is 5.08. The van der Waals surface area contributed by atoms with Gasteiger partial charge in [-0.05, 0) is 30.2 Å². The summed E-state index contributed by atoms with van der Waals surface area (Å²) in [7, 11) is -3.37. The Kier molecular flexibility index (Phi) is 6.01. The molecule has 3 aromatic rings. The zero-order chi connectivity index (χ0) is 22.0. The summed E-state index contributed by atoms with van der Waals surface area (Å²) in [6, 6.07) is 7.64. The zero-order valence-electron chi connectivity index (χ0n) is 17.1. The van der Waals surface area contributed by atoms with E-state index >= 15 is 0 Å². The van der Waals surface area contributed by atoms with Crippen LogP contribution >= 0.6 is 0 Å². The van der Waals surface area contributed by atoms with E-state index in [9.17, 15) is 17.6 Å². The number of aromatic nitrogens is 3. The summed E-state index contributed by atoms with van der Waals surface area (Å²) in [5.74, 6) is -0.873. The molecule has 1 aromatic carbocycles. The number of carbonyl (C=O) groups excluding carboxylic acids is 1. The summed E-state index contributed by atoms with van der Waals surface area (Å²) in [4.78, 5) is 19.0. The van der Waals surface area contributed by atoms with Crippen molar-refractivity contribution < 1.29 is 22.3 Å². The summed E-state index contributed by atoms with van der Waals surface area (Å²) in [5, 5.41) is 5.14. The van der Waals surface area contributed by atoms with Gasteiger partial charge >= 0.3 is 0 Å². The van der Waals surface area contributed by atoms with Crippen molar-refractivity contribution in [2.75, 3.05) is 32.6 Å². The predicted octanol–water partition coefficient (Wildman–Crippen LogP) is 2.03. The van der Waals surface area contributed by atoms with Gasteiger partial charge in [-0.1, -0.05) is 12.1 Å². The fourth-order valence-electron chi connectivity index (χ4n) is 3.61. The second kappa shape index (κ2) is 8.72. The maximum absolute atomic E-state index is 13.2. The van der Waals surface area contributed by atoms with Crippen molar-refractivity contribution in [3.05, 3.63) is 59.3 Å². The van der Waals surface area contributed by atoms with Crippen LogP contribution < -0.4 is 0 Å². The Morgan fingerprint density at radius 1 is 1.19 bits per heavy atom. The standard InChI is InChI=1S/C21H23FN4O4S/c1-31(28,29)14-26-20-12-19(21(27)25-7-2-9-30-10-8-25)23-13-17(20)18(24-26)11-15-3-5-16(22)6-4-15/h3-6,12-13H,2,7-11,14H2,1H3. The topological polar surface area (TPSA) is 94.4 Å². The van der Waals surface area contributed by atoms with Crippen molar-refractivity contribution in [2.24, 2.45) is 0 Å². The average Bonchev–Trinajstić information content (AvgIpc) is 2.90.